The standard InChI is InChI=1S/C15H15N3O3/c1-15(2,3)12-8-11(17-20-12)14-16-13(18-21-14)9-4-6-10(19)7-5-9/h4-8,19H,1-3H3. The van der Waals surface area contributed by atoms with Crippen molar-refractivity contribution >= 4 is 0 Å². The van der Waals surface area contributed by atoms with E-state index in [0.717, 1.165) is 11.3 Å². The fourth-order valence-corrected chi connectivity index (χ4v) is 1.78. The molecule has 3 aromatic rings. The van der Waals surface area contributed by atoms with Crippen molar-refractivity contribution < 1.29 is 14.2 Å². The number of hydrogen-bond acceptors (Lipinski definition) is 6. The minimum absolute atomic E-state index is 0.134. The van der Waals surface area contributed by atoms with Gasteiger partial charge < -0.3 is 14.2 Å². The number of aromatic hydroxyl groups is 1. The van der Waals surface area contributed by atoms with E-state index < -0.39 is 0 Å². The zero-order valence-corrected chi connectivity index (χ0v) is 12.0. The first-order valence-corrected chi connectivity index (χ1v) is 6.54. The van der Waals surface area contributed by atoms with E-state index >= 15 is 0 Å². The van der Waals surface area contributed by atoms with Crippen LogP contribution in [0.4, 0.5) is 0 Å². The molecule has 1 aromatic carbocycles. The molecule has 0 bridgehead atoms. The molecule has 0 aliphatic rings. The third-order valence-corrected chi connectivity index (χ3v) is 3.02. The van der Waals surface area contributed by atoms with Gasteiger partial charge in [-0.3, -0.25) is 0 Å². The summed E-state index contributed by atoms with van der Waals surface area (Å²) < 4.78 is 10.5. The fraction of sp³-hybridized carbons (Fsp3) is 0.267. The lowest BCUT2D eigenvalue weighted by Gasteiger charge is -2.11. The number of hydrogen-bond donors (Lipinski definition) is 1. The van der Waals surface area contributed by atoms with Gasteiger partial charge in [-0.15, -0.1) is 0 Å². The summed E-state index contributed by atoms with van der Waals surface area (Å²) in [5.41, 5.74) is 1.13. The van der Waals surface area contributed by atoms with E-state index in [0.29, 0.717) is 17.4 Å². The van der Waals surface area contributed by atoms with Gasteiger partial charge in [-0.2, -0.15) is 4.98 Å². The van der Waals surface area contributed by atoms with E-state index in [1.54, 1.807) is 30.3 Å². The van der Waals surface area contributed by atoms with Crippen LogP contribution in [0.5, 0.6) is 5.75 Å². The molecule has 0 aliphatic heterocycles. The van der Waals surface area contributed by atoms with Gasteiger partial charge in [0.2, 0.25) is 5.82 Å². The SMILES string of the molecule is CC(C)(C)c1cc(-c2nc(-c3ccc(O)cc3)no2)no1. The molecule has 0 fully saturated rings. The molecule has 2 aromatic heterocycles. The minimum Gasteiger partial charge on any atom is -0.508 e. The number of rotatable bonds is 2. The fourth-order valence-electron chi connectivity index (χ4n) is 1.78. The van der Waals surface area contributed by atoms with E-state index in [9.17, 15) is 5.11 Å². The van der Waals surface area contributed by atoms with Crippen molar-refractivity contribution in [2.24, 2.45) is 0 Å². The highest BCUT2D eigenvalue weighted by molar-refractivity contribution is 5.58. The quantitative estimate of drug-likeness (QED) is 0.776. The van der Waals surface area contributed by atoms with Gasteiger partial charge in [0.1, 0.15) is 11.5 Å². The molecular weight excluding hydrogens is 270 g/mol. The van der Waals surface area contributed by atoms with Crippen LogP contribution in [0.15, 0.2) is 39.4 Å². The van der Waals surface area contributed by atoms with Crippen molar-refractivity contribution in [3.05, 3.63) is 36.1 Å². The molecule has 0 atom stereocenters. The van der Waals surface area contributed by atoms with Gasteiger partial charge in [0.05, 0.1) is 0 Å². The second-order valence-electron chi connectivity index (χ2n) is 5.80. The summed E-state index contributed by atoms with van der Waals surface area (Å²) in [6, 6.07) is 8.37. The smallest absolute Gasteiger partial charge is 0.280 e. The van der Waals surface area contributed by atoms with Crippen LogP contribution in [0.25, 0.3) is 23.0 Å². The lowest BCUT2D eigenvalue weighted by molar-refractivity contribution is 0.328. The van der Waals surface area contributed by atoms with Crippen molar-refractivity contribution in [3.8, 4) is 28.7 Å². The first kappa shape index (κ1) is 13.4. The van der Waals surface area contributed by atoms with E-state index in [1.807, 2.05) is 20.8 Å². The molecule has 108 valence electrons. The molecule has 0 saturated heterocycles. The number of phenolic OH excluding ortho intramolecular Hbond substituents is 1. The Bertz CT molecular complexity index is 751. The van der Waals surface area contributed by atoms with Crippen LogP contribution in [0.2, 0.25) is 0 Å². The van der Waals surface area contributed by atoms with E-state index in [4.69, 9.17) is 9.05 Å². The molecule has 0 spiro atoms. The lowest BCUT2D eigenvalue weighted by atomic mass is 9.93. The highest BCUT2D eigenvalue weighted by Crippen LogP contribution is 2.28. The van der Waals surface area contributed by atoms with Gasteiger partial charge in [0, 0.05) is 17.0 Å². The summed E-state index contributed by atoms with van der Waals surface area (Å²) in [5.74, 6) is 1.68. The molecule has 0 amide bonds. The van der Waals surface area contributed by atoms with Crippen molar-refractivity contribution in [1.82, 2.24) is 15.3 Å². The summed E-state index contributed by atoms with van der Waals surface area (Å²) in [6.45, 7) is 6.10. The first-order chi connectivity index (χ1) is 9.93. The van der Waals surface area contributed by atoms with E-state index in [1.165, 1.54) is 0 Å². The number of phenols is 1. The second kappa shape index (κ2) is 4.73. The largest absolute Gasteiger partial charge is 0.508 e. The molecule has 1 N–H and O–H groups in total. The normalized spacial score (nSPS) is 11.8. The van der Waals surface area contributed by atoms with Crippen LogP contribution in [-0.2, 0) is 5.41 Å². The Hall–Kier alpha value is -2.63. The molecule has 0 saturated carbocycles. The topological polar surface area (TPSA) is 85.2 Å². The highest BCUT2D eigenvalue weighted by atomic mass is 16.5. The maximum absolute atomic E-state index is 9.28. The van der Waals surface area contributed by atoms with E-state index in [2.05, 4.69) is 15.3 Å². The highest BCUT2D eigenvalue weighted by Gasteiger charge is 2.22. The van der Waals surface area contributed by atoms with Gasteiger partial charge in [0.15, 0.2) is 5.69 Å². The first-order valence-electron chi connectivity index (χ1n) is 6.54. The monoisotopic (exact) mass is 285 g/mol. The Labute approximate surface area is 121 Å². The predicted molar refractivity (Wildman–Crippen MR) is 75.6 cm³/mol. The van der Waals surface area contributed by atoms with Crippen molar-refractivity contribution in [2.45, 2.75) is 26.2 Å². The minimum atomic E-state index is -0.134. The molecule has 3 rings (SSSR count). The molecule has 0 aliphatic carbocycles. The van der Waals surface area contributed by atoms with Crippen LogP contribution >= 0.6 is 0 Å². The number of aromatic nitrogens is 3. The van der Waals surface area contributed by atoms with Crippen LogP contribution in [0, 0.1) is 0 Å². The van der Waals surface area contributed by atoms with Crippen molar-refractivity contribution in [2.75, 3.05) is 0 Å². The average molecular weight is 285 g/mol. The van der Waals surface area contributed by atoms with Gasteiger partial charge >= 0.3 is 0 Å². The third kappa shape index (κ3) is 2.65. The summed E-state index contributed by atoms with van der Waals surface area (Å²) in [6.07, 6.45) is 0. The molecule has 6 nitrogen and oxygen atoms in total. The Balaban J connectivity index is 1.91. The van der Waals surface area contributed by atoms with Gasteiger partial charge in [-0.1, -0.05) is 31.1 Å². The molecule has 6 heteroatoms. The molecule has 0 unspecified atom stereocenters. The molecular formula is C15H15N3O3. The number of nitrogens with zero attached hydrogens (tertiary/aromatic N) is 3. The second-order valence-corrected chi connectivity index (χ2v) is 5.80. The zero-order chi connectivity index (χ0) is 15.0. The summed E-state index contributed by atoms with van der Waals surface area (Å²) in [5, 5.41) is 17.2. The van der Waals surface area contributed by atoms with Crippen LogP contribution in [0.3, 0.4) is 0 Å². The summed E-state index contributed by atoms with van der Waals surface area (Å²) >= 11 is 0. The van der Waals surface area contributed by atoms with Crippen LogP contribution in [-0.4, -0.2) is 20.4 Å². The van der Waals surface area contributed by atoms with Crippen molar-refractivity contribution in [3.63, 3.8) is 0 Å². The average Bonchev–Trinajstić information content (AvgIpc) is 3.07. The summed E-state index contributed by atoms with van der Waals surface area (Å²) in [7, 11) is 0. The maximum Gasteiger partial charge on any atom is 0.280 e. The molecule has 21 heavy (non-hydrogen) atoms. The van der Waals surface area contributed by atoms with Gasteiger partial charge in [0.25, 0.3) is 5.89 Å². The Kier molecular flexibility index (Phi) is 3.01. The number of benzene rings is 1. The van der Waals surface area contributed by atoms with Crippen molar-refractivity contribution in [1.29, 1.82) is 0 Å². The third-order valence-electron chi connectivity index (χ3n) is 3.02. The van der Waals surface area contributed by atoms with Gasteiger partial charge in [-0.25, -0.2) is 0 Å². The molecule has 2 heterocycles. The predicted octanol–water partition coefficient (Wildman–Crippen LogP) is 3.39. The summed E-state index contributed by atoms with van der Waals surface area (Å²) in [4.78, 5) is 4.29. The maximum atomic E-state index is 9.28. The zero-order valence-electron chi connectivity index (χ0n) is 12.0. The van der Waals surface area contributed by atoms with E-state index in [-0.39, 0.29) is 11.2 Å². The molecule has 0 radical (unpaired) electrons. The van der Waals surface area contributed by atoms with Crippen LogP contribution in [0.1, 0.15) is 26.5 Å². The van der Waals surface area contributed by atoms with Gasteiger partial charge in [-0.05, 0) is 24.3 Å². The Morgan fingerprint density at radius 1 is 1.00 bits per heavy atom. The Morgan fingerprint density at radius 3 is 2.33 bits per heavy atom. The lowest BCUT2D eigenvalue weighted by Crippen LogP contribution is -2.09. The van der Waals surface area contributed by atoms with Crippen LogP contribution < -0.4 is 0 Å². The Morgan fingerprint density at radius 2 is 1.71 bits per heavy atom.